The van der Waals surface area contributed by atoms with Gasteiger partial charge >= 0.3 is 6.01 Å². The molecule has 1 heterocycles. The van der Waals surface area contributed by atoms with Crippen LogP contribution >= 0.6 is 0 Å². The molecular weight excluding hydrogens is 270 g/mol. The molecule has 0 bridgehead atoms. The van der Waals surface area contributed by atoms with Gasteiger partial charge in [0.2, 0.25) is 11.9 Å². The van der Waals surface area contributed by atoms with Crippen LogP contribution in [0.25, 0.3) is 0 Å². The summed E-state index contributed by atoms with van der Waals surface area (Å²) >= 11 is 0. The van der Waals surface area contributed by atoms with Crippen molar-refractivity contribution in [3.8, 4) is 17.5 Å². The summed E-state index contributed by atoms with van der Waals surface area (Å²) in [6.07, 6.45) is 0. The maximum atomic E-state index is 5.72. The normalized spacial score (nSPS) is 10.2. The average Bonchev–Trinajstić information content (AvgIpc) is 2.48. The lowest BCUT2D eigenvalue weighted by Gasteiger charge is -2.18. The molecule has 0 amide bonds. The Hall–Kier alpha value is -2.57. The molecule has 0 fully saturated rings. The Morgan fingerprint density at radius 2 is 1.81 bits per heavy atom. The molecule has 2 aromatic rings. The Bertz CT molecular complexity index is 602. The van der Waals surface area contributed by atoms with Crippen molar-refractivity contribution in [3.05, 3.63) is 24.3 Å². The van der Waals surface area contributed by atoms with Gasteiger partial charge in [0.05, 0.1) is 7.11 Å². The first-order valence-electron chi connectivity index (χ1n) is 6.74. The lowest BCUT2D eigenvalue weighted by molar-refractivity contribution is 0.404. The van der Waals surface area contributed by atoms with Crippen LogP contribution in [0.2, 0.25) is 0 Å². The SMILES string of the molecule is CCN(CC)c1nc(N)nc(Oc2cccc(OC)c2)n1. The molecule has 1 aromatic carbocycles. The van der Waals surface area contributed by atoms with Crippen LogP contribution in [0.15, 0.2) is 24.3 Å². The highest BCUT2D eigenvalue weighted by Gasteiger charge is 2.11. The molecule has 0 spiro atoms. The third kappa shape index (κ3) is 3.71. The summed E-state index contributed by atoms with van der Waals surface area (Å²) < 4.78 is 10.8. The quantitative estimate of drug-likeness (QED) is 0.871. The van der Waals surface area contributed by atoms with E-state index in [1.165, 1.54) is 0 Å². The van der Waals surface area contributed by atoms with Crippen LogP contribution in [-0.2, 0) is 0 Å². The van der Waals surface area contributed by atoms with E-state index in [0.717, 1.165) is 13.1 Å². The number of rotatable bonds is 6. The molecule has 0 unspecified atom stereocenters. The maximum Gasteiger partial charge on any atom is 0.328 e. The summed E-state index contributed by atoms with van der Waals surface area (Å²) in [7, 11) is 1.60. The average molecular weight is 289 g/mol. The van der Waals surface area contributed by atoms with Gasteiger partial charge in [-0.2, -0.15) is 15.0 Å². The van der Waals surface area contributed by atoms with Gasteiger partial charge in [0.25, 0.3) is 0 Å². The van der Waals surface area contributed by atoms with Gasteiger partial charge in [0.1, 0.15) is 11.5 Å². The number of aromatic nitrogens is 3. The number of nitrogen functional groups attached to an aromatic ring is 1. The maximum absolute atomic E-state index is 5.72. The van der Waals surface area contributed by atoms with Gasteiger partial charge in [-0.15, -0.1) is 0 Å². The molecule has 0 radical (unpaired) electrons. The first-order chi connectivity index (χ1) is 10.2. The molecule has 7 nitrogen and oxygen atoms in total. The van der Waals surface area contributed by atoms with Crippen molar-refractivity contribution in [3.63, 3.8) is 0 Å². The fourth-order valence-corrected chi connectivity index (χ4v) is 1.82. The molecule has 1 aromatic heterocycles. The van der Waals surface area contributed by atoms with Crippen LogP contribution in [0.3, 0.4) is 0 Å². The smallest absolute Gasteiger partial charge is 0.328 e. The Kier molecular flexibility index (Phi) is 4.76. The molecule has 0 saturated carbocycles. The third-order valence-corrected chi connectivity index (χ3v) is 2.92. The zero-order valence-electron chi connectivity index (χ0n) is 12.4. The van der Waals surface area contributed by atoms with Crippen LogP contribution in [-0.4, -0.2) is 35.2 Å². The predicted octanol–water partition coefficient (Wildman–Crippen LogP) is 2.10. The number of nitrogens with two attached hydrogens (primary N) is 1. The molecule has 0 aliphatic carbocycles. The lowest BCUT2D eigenvalue weighted by Crippen LogP contribution is -2.25. The number of anilines is 2. The second-order valence-corrected chi connectivity index (χ2v) is 4.23. The first-order valence-corrected chi connectivity index (χ1v) is 6.74. The molecule has 0 atom stereocenters. The predicted molar refractivity (Wildman–Crippen MR) is 80.9 cm³/mol. The van der Waals surface area contributed by atoms with E-state index in [0.29, 0.717) is 17.4 Å². The minimum atomic E-state index is 0.129. The van der Waals surface area contributed by atoms with Crippen LogP contribution in [0.4, 0.5) is 11.9 Å². The summed E-state index contributed by atoms with van der Waals surface area (Å²) in [5.41, 5.74) is 5.72. The van der Waals surface area contributed by atoms with Gasteiger partial charge in [0, 0.05) is 19.2 Å². The second-order valence-electron chi connectivity index (χ2n) is 4.23. The molecule has 2 N–H and O–H groups in total. The number of benzene rings is 1. The molecule has 0 aliphatic rings. The van der Waals surface area contributed by atoms with Gasteiger partial charge in [-0.1, -0.05) is 6.07 Å². The van der Waals surface area contributed by atoms with Crippen LogP contribution < -0.4 is 20.1 Å². The molecule has 0 aliphatic heterocycles. The van der Waals surface area contributed by atoms with E-state index in [-0.39, 0.29) is 12.0 Å². The van der Waals surface area contributed by atoms with E-state index in [1.54, 1.807) is 19.2 Å². The van der Waals surface area contributed by atoms with Gasteiger partial charge in [0.15, 0.2) is 0 Å². The minimum absolute atomic E-state index is 0.129. The van der Waals surface area contributed by atoms with Crippen molar-refractivity contribution >= 4 is 11.9 Å². The Morgan fingerprint density at radius 3 is 2.48 bits per heavy atom. The fourth-order valence-electron chi connectivity index (χ4n) is 1.82. The summed E-state index contributed by atoms with van der Waals surface area (Å²) in [6.45, 7) is 5.59. The van der Waals surface area contributed by atoms with E-state index in [1.807, 2.05) is 30.9 Å². The fraction of sp³-hybridized carbons (Fsp3) is 0.357. The zero-order valence-corrected chi connectivity index (χ0v) is 12.4. The Labute approximate surface area is 123 Å². The van der Waals surface area contributed by atoms with E-state index in [9.17, 15) is 0 Å². The van der Waals surface area contributed by atoms with Crippen molar-refractivity contribution in [2.75, 3.05) is 30.8 Å². The standard InChI is InChI=1S/C14H19N5O2/c1-4-19(5-2)13-16-12(15)17-14(18-13)21-11-8-6-7-10(9-11)20-3/h6-9H,4-5H2,1-3H3,(H2,15,16,17,18). The minimum Gasteiger partial charge on any atom is -0.497 e. The summed E-state index contributed by atoms with van der Waals surface area (Å²) in [5, 5.41) is 0. The Balaban J connectivity index is 2.27. The van der Waals surface area contributed by atoms with Crippen LogP contribution in [0.5, 0.6) is 17.5 Å². The zero-order chi connectivity index (χ0) is 15.2. The summed E-state index contributed by atoms with van der Waals surface area (Å²) in [6, 6.07) is 7.36. The van der Waals surface area contributed by atoms with Gasteiger partial charge in [-0.3, -0.25) is 0 Å². The molecule has 0 saturated heterocycles. The van der Waals surface area contributed by atoms with Crippen molar-refractivity contribution in [1.82, 2.24) is 15.0 Å². The van der Waals surface area contributed by atoms with Gasteiger partial charge in [-0.05, 0) is 26.0 Å². The van der Waals surface area contributed by atoms with E-state index >= 15 is 0 Å². The highest BCUT2D eigenvalue weighted by atomic mass is 16.5. The van der Waals surface area contributed by atoms with E-state index < -0.39 is 0 Å². The van der Waals surface area contributed by atoms with Crippen LogP contribution in [0, 0.1) is 0 Å². The largest absolute Gasteiger partial charge is 0.497 e. The number of hydrogen-bond acceptors (Lipinski definition) is 7. The topological polar surface area (TPSA) is 86.4 Å². The molecular formula is C14H19N5O2. The molecule has 112 valence electrons. The number of methoxy groups -OCH3 is 1. The van der Waals surface area contributed by atoms with Crippen LogP contribution in [0.1, 0.15) is 13.8 Å². The van der Waals surface area contributed by atoms with Crippen molar-refractivity contribution in [2.24, 2.45) is 0 Å². The van der Waals surface area contributed by atoms with E-state index in [4.69, 9.17) is 15.2 Å². The lowest BCUT2D eigenvalue weighted by atomic mass is 10.3. The highest BCUT2D eigenvalue weighted by molar-refractivity contribution is 5.38. The van der Waals surface area contributed by atoms with Crippen molar-refractivity contribution in [1.29, 1.82) is 0 Å². The Morgan fingerprint density at radius 1 is 1.10 bits per heavy atom. The number of ether oxygens (including phenoxy) is 2. The number of hydrogen-bond donors (Lipinski definition) is 1. The van der Waals surface area contributed by atoms with Gasteiger partial charge in [-0.25, -0.2) is 0 Å². The molecule has 7 heteroatoms. The molecule has 21 heavy (non-hydrogen) atoms. The number of nitrogens with zero attached hydrogens (tertiary/aromatic N) is 4. The van der Waals surface area contributed by atoms with Gasteiger partial charge < -0.3 is 20.1 Å². The summed E-state index contributed by atoms with van der Waals surface area (Å²) in [4.78, 5) is 14.4. The van der Waals surface area contributed by atoms with Crippen molar-refractivity contribution < 1.29 is 9.47 Å². The van der Waals surface area contributed by atoms with Crippen molar-refractivity contribution in [2.45, 2.75) is 13.8 Å². The second kappa shape index (κ2) is 6.74. The first kappa shape index (κ1) is 14.8. The monoisotopic (exact) mass is 289 g/mol. The summed E-state index contributed by atoms with van der Waals surface area (Å²) in [5.74, 6) is 1.90. The van der Waals surface area contributed by atoms with E-state index in [2.05, 4.69) is 15.0 Å². The third-order valence-electron chi connectivity index (χ3n) is 2.92. The highest BCUT2D eigenvalue weighted by Crippen LogP contribution is 2.24. The molecule has 2 rings (SSSR count).